The van der Waals surface area contributed by atoms with Gasteiger partial charge in [0.05, 0.1) is 0 Å². The molecule has 0 saturated heterocycles. The first-order valence-electron chi connectivity index (χ1n) is 6.89. The largest absolute Gasteiger partial charge is 0.312 e. The minimum Gasteiger partial charge on any atom is -0.312 e. The van der Waals surface area contributed by atoms with Gasteiger partial charge in [0, 0.05) is 11.8 Å². The Morgan fingerprint density at radius 2 is 1.85 bits per heavy atom. The SMILES string of the molecule is CNC(CSc1n[nH]c(C)n1)c1ccc(C(C)C)cc1. The molecule has 4 nitrogen and oxygen atoms in total. The van der Waals surface area contributed by atoms with Crippen LogP contribution in [0.1, 0.15) is 42.8 Å². The third-order valence-electron chi connectivity index (χ3n) is 3.31. The number of aromatic amines is 1. The fourth-order valence-electron chi connectivity index (χ4n) is 2.00. The molecule has 20 heavy (non-hydrogen) atoms. The second-order valence-corrected chi connectivity index (χ2v) is 6.16. The molecule has 0 fully saturated rings. The van der Waals surface area contributed by atoms with E-state index in [9.17, 15) is 0 Å². The summed E-state index contributed by atoms with van der Waals surface area (Å²) in [5.74, 6) is 2.34. The number of hydrogen-bond acceptors (Lipinski definition) is 4. The predicted octanol–water partition coefficient (Wildman–Crippen LogP) is 3.29. The van der Waals surface area contributed by atoms with Crippen molar-refractivity contribution in [2.45, 2.75) is 37.9 Å². The highest BCUT2D eigenvalue weighted by molar-refractivity contribution is 7.99. The molecule has 0 saturated carbocycles. The van der Waals surface area contributed by atoms with Gasteiger partial charge in [0.25, 0.3) is 0 Å². The Kier molecular flexibility index (Phi) is 5.20. The molecular weight excluding hydrogens is 268 g/mol. The number of H-pyrrole nitrogens is 1. The molecule has 2 aromatic rings. The van der Waals surface area contributed by atoms with Crippen LogP contribution in [0, 0.1) is 6.92 Å². The van der Waals surface area contributed by atoms with Crippen molar-refractivity contribution in [1.82, 2.24) is 20.5 Å². The Labute approximate surface area is 124 Å². The molecule has 2 N–H and O–H groups in total. The predicted molar refractivity (Wildman–Crippen MR) is 84.2 cm³/mol. The number of aryl methyl sites for hydroxylation is 1. The van der Waals surface area contributed by atoms with Gasteiger partial charge in [-0.15, -0.1) is 5.10 Å². The van der Waals surface area contributed by atoms with Gasteiger partial charge >= 0.3 is 0 Å². The molecule has 1 heterocycles. The summed E-state index contributed by atoms with van der Waals surface area (Å²) in [6.07, 6.45) is 0. The molecular formula is C15H22N4S. The molecule has 0 aliphatic heterocycles. The first-order chi connectivity index (χ1) is 9.60. The summed E-state index contributed by atoms with van der Waals surface area (Å²) >= 11 is 1.66. The van der Waals surface area contributed by atoms with E-state index in [1.165, 1.54) is 11.1 Å². The third kappa shape index (κ3) is 3.84. The van der Waals surface area contributed by atoms with E-state index in [4.69, 9.17) is 0 Å². The van der Waals surface area contributed by atoms with Crippen molar-refractivity contribution in [3.8, 4) is 0 Å². The second kappa shape index (κ2) is 6.90. The lowest BCUT2D eigenvalue weighted by Gasteiger charge is -2.16. The van der Waals surface area contributed by atoms with Crippen molar-refractivity contribution in [3.63, 3.8) is 0 Å². The van der Waals surface area contributed by atoms with E-state index >= 15 is 0 Å². The first-order valence-corrected chi connectivity index (χ1v) is 7.87. The molecule has 0 aliphatic rings. The number of hydrogen-bond donors (Lipinski definition) is 2. The second-order valence-electron chi connectivity index (χ2n) is 5.18. The van der Waals surface area contributed by atoms with Crippen LogP contribution in [0.25, 0.3) is 0 Å². The lowest BCUT2D eigenvalue weighted by molar-refractivity contribution is 0.660. The number of benzene rings is 1. The average Bonchev–Trinajstić information content (AvgIpc) is 2.86. The molecule has 1 aromatic heterocycles. The van der Waals surface area contributed by atoms with Crippen molar-refractivity contribution in [3.05, 3.63) is 41.2 Å². The minimum atomic E-state index is 0.306. The van der Waals surface area contributed by atoms with Crippen LogP contribution in [0.4, 0.5) is 0 Å². The standard InChI is InChI=1S/C15H22N4S/c1-10(2)12-5-7-13(8-6-12)14(16-4)9-20-15-17-11(3)18-19-15/h5-8,10,14,16H,9H2,1-4H3,(H,17,18,19). The maximum atomic E-state index is 4.32. The Morgan fingerprint density at radius 1 is 1.20 bits per heavy atom. The quantitative estimate of drug-likeness (QED) is 0.802. The summed E-state index contributed by atoms with van der Waals surface area (Å²) in [5.41, 5.74) is 2.68. The van der Waals surface area contributed by atoms with Crippen molar-refractivity contribution in [1.29, 1.82) is 0 Å². The van der Waals surface area contributed by atoms with E-state index in [0.29, 0.717) is 12.0 Å². The van der Waals surface area contributed by atoms with Crippen LogP contribution in [0.5, 0.6) is 0 Å². The molecule has 0 spiro atoms. The van der Waals surface area contributed by atoms with Gasteiger partial charge in [-0.25, -0.2) is 4.98 Å². The zero-order valence-electron chi connectivity index (χ0n) is 12.5. The fourth-order valence-corrected chi connectivity index (χ4v) is 2.99. The highest BCUT2D eigenvalue weighted by Crippen LogP contribution is 2.23. The van der Waals surface area contributed by atoms with Crippen molar-refractivity contribution < 1.29 is 0 Å². The van der Waals surface area contributed by atoms with Crippen molar-refractivity contribution >= 4 is 11.8 Å². The highest BCUT2D eigenvalue weighted by Gasteiger charge is 2.12. The van der Waals surface area contributed by atoms with Crippen LogP contribution in [0.15, 0.2) is 29.4 Å². The molecule has 0 aliphatic carbocycles. The monoisotopic (exact) mass is 290 g/mol. The molecule has 2 rings (SSSR count). The van der Waals surface area contributed by atoms with Crippen LogP contribution in [0.3, 0.4) is 0 Å². The number of nitrogens with one attached hydrogen (secondary N) is 2. The van der Waals surface area contributed by atoms with Crippen molar-refractivity contribution in [2.24, 2.45) is 0 Å². The zero-order chi connectivity index (χ0) is 14.5. The third-order valence-corrected chi connectivity index (χ3v) is 4.25. The minimum absolute atomic E-state index is 0.306. The number of rotatable bonds is 6. The van der Waals surface area contributed by atoms with Gasteiger partial charge in [-0.2, -0.15) is 0 Å². The topological polar surface area (TPSA) is 53.6 Å². The number of nitrogens with zero attached hydrogens (tertiary/aromatic N) is 2. The van der Waals surface area contributed by atoms with Crippen LogP contribution in [-0.4, -0.2) is 28.0 Å². The maximum absolute atomic E-state index is 4.32. The summed E-state index contributed by atoms with van der Waals surface area (Å²) in [5, 5.41) is 11.2. The van der Waals surface area contributed by atoms with Gasteiger partial charge in [0.1, 0.15) is 5.82 Å². The van der Waals surface area contributed by atoms with E-state index in [2.05, 4.69) is 58.6 Å². The Morgan fingerprint density at radius 3 is 2.35 bits per heavy atom. The van der Waals surface area contributed by atoms with Gasteiger partial charge in [0.2, 0.25) is 5.16 Å². The molecule has 5 heteroatoms. The van der Waals surface area contributed by atoms with Gasteiger partial charge in [-0.05, 0) is 31.0 Å². The molecule has 108 valence electrons. The molecule has 0 amide bonds. The zero-order valence-corrected chi connectivity index (χ0v) is 13.3. The molecule has 1 unspecified atom stereocenters. The summed E-state index contributed by atoms with van der Waals surface area (Å²) in [7, 11) is 1.99. The van der Waals surface area contributed by atoms with Crippen LogP contribution in [0.2, 0.25) is 0 Å². The summed E-state index contributed by atoms with van der Waals surface area (Å²) in [4.78, 5) is 4.32. The highest BCUT2D eigenvalue weighted by atomic mass is 32.2. The molecule has 0 radical (unpaired) electrons. The van der Waals surface area contributed by atoms with Gasteiger partial charge in [-0.1, -0.05) is 49.9 Å². The van der Waals surface area contributed by atoms with Gasteiger partial charge < -0.3 is 5.32 Å². The smallest absolute Gasteiger partial charge is 0.208 e. The normalized spacial score (nSPS) is 12.8. The Balaban J connectivity index is 2.00. The van der Waals surface area contributed by atoms with E-state index in [1.54, 1.807) is 11.8 Å². The van der Waals surface area contributed by atoms with Gasteiger partial charge in [0.15, 0.2) is 0 Å². The summed E-state index contributed by atoms with van der Waals surface area (Å²) in [6.45, 7) is 6.34. The number of thioether (sulfide) groups is 1. The summed E-state index contributed by atoms with van der Waals surface area (Å²) in [6, 6.07) is 9.15. The molecule has 1 atom stereocenters. The Hall–Kier alpha value is -1.33. The average molecular weight is 290 g/mol. The van der Waals surface area contributed by atoms with Gasteiger partial charge in [-0.3, -0.25) is 5.10 Å². The first kappa shape index (κ1) is 15.1. The molecule has 0 bridgehead atoms. The maximum Gasteiger partial charge on any atom is 0.208 e. The van der Waals surface area contributed by atoms with Crippen molar-refractivity contribution in [2.75, 3.05) is 12.8 Å². The molecule has 1 aromatic carbocycles. The van der Waals surface area contributed by atoms with Crippen LogP contribution < -0.4 is 5.32 Å². The van der Waals surface area contributed by atoms with Crippen LogP contribution in [-0.2, 0) is 0 Å². The lowest BCUT2D eigenvalue weighted by atomic mass is 10.00. The Bertz CT molecular complexity index is 533. The number of aromatic nitrogens is 3. The van der Waals surface area contributed by atoms with Crippen LogP contribution >= 0.6 is 11.8 Å². The van der Waals surface area contributed by atoms with E-state index < -0.39 is 0 Å². The lowest BCUT2D eigenvalue weighted by Crippen LogP contribution is -2.18. The van der Waals surface area contributed by atoms with E-state index in [0.717, 1.165) is 16.7 Å². The summed E-state index contributed by atoms with van der Waals surface area (Å²) < 4.78 is 0. The van der Waals surface area contributed by atoms with E-state index in [-0.39, 0.29) is 0 Å². The van der Waals surface area contributed by atoms with E-state index in [1.807, 2.05) is 14.0 Å². The fraction of sp³-hybridized carbons (Fsp3) is 0.467.